The minimum Gasteiger partial charge on any atom is -0.484 e. The second-order valence-electron chi connectivity index (χ2n) is 6.16. The van der Waals surface area contributed by atoms with Gasteiger partial charge >= 0.3 is 5.97 Å². The zero-order chi connectivity index (χ0) is 19.2. The molecular weight excluding hydrogens is 348 g/mol. The van der Waals surface area contributed by atoms with Crippen molar-refractivity contribution in [2.45, 2.75) is 0 Å². The van der Waals surface area contributed by atoms with Crippen molar-refractivity contribution < 1.29 is 24.2 Å². The molecule has 3 rings (SSSR count). The number of benzene rings is 2. The minimum absolute atomic E-state index is 0.0430. The molecule has 0 unspecified atom stereocenters. The Morgan fingerprint density at radius 3 is 2.15 bits per heavy atom. The van der Waals surface area contributed by atoms with Crippen LogP contribution in [0.15, 0.2) is 54.6 Å². The molecule has 2 aromatic carbocycles. The first kappa shape index (κ1) is 18.4. The van der Waals surface area contributed by atoms with E-state index in [2.05, 4.69) is 0 Å². The lowest BCUT2D eigenvalue weighted by atomic mass is 10.1. The third-order valence-electron chi connectivity index (χ3n) is 4.38. The third kappa shape index (κ3) is 4.63. The van der Waals surface area contributed by atoms with Crippen molar-refractivity contribution >= 4 is 17.8 Å². The van der Waals surface area contributed by atoms with E-state index in [0.717, 1.165) is 0 Å². The van der Waals surface area contributed by atoms with Crippen LogP contribution in [0.25, 0.3) is 0 Å². The van der Waals surface area contributed by atoms with E-state index in [-0.39, 0.29) is 24.0 Å². The Morgan fingerprint density at radius 1 is 0.852 bits per heavy atom. The van der Waals surface area contributed by atoms with Gasteiger partial charge in [0.15, 0.2) is 6.61 Å². The summed E-state index contributed by atoms with van der Waals surface area (Å²) in [6.07, 6.45) is 0. The van der Waals surface area contributed by atoms with Crippen LogP contribution in [0, 0.1) is 0 Å². The summed E-state index contributed by atoms with van der Waals surface area (Å²) in [6.45, 7) is 1.59. The summed E-state index contributed by atoms with van der Waals surface area (Å²) in [5, 5.41) is 9.05. The molecule has 27 heavy (non-hydrogen) atoms. The summed E-state index contributed by atoms with van der Waals surface area (Å²) >= 11 is 0. The van der Waals surface area contributed by atoms with E-state index in [1.165, 1.54) is 12.1 Å². The number of amides is 2. The average Bonchev–Trinajstić information content (AvgIpc) is 2.72. The van der Waals surface area contributed by atoms with Gasteiger partial charge < -0.3 is 19.6 Å². The Labute approximate surface area is 156 Å². The van der Waals surface area contributed by atoms with Gasteiger partial charge in [-0.25, -0.2) is 4.79 Å². The second kappa shape index (κ2) is 8.35. The Kier molecular flexibility index (Phi) is 5.71. The second-order valence-corrected chi connectivity index (χ2v) is 6.16. The van der Waals surface area contributed by atoms with Crippen LogP contribution >= 0.6 is 0 Å². The predicted octanol–water partition coefficient (Wildman–Crippen LogP) is 1.75. The molecule has 0 spiro atoms. The highest BCUT2D eigenvalue weighted by Gasteiger charge is 2.25. The van der Waals surface area contributed by atoms with E-state index in [9.17, 15) is 14.4 Å². The number of hydrogen-bond donors (Lipinski definition) is 1. The van der Waals surface area contributed by atoms with E-state index in [1.54, 1.807) is 34.1 Å². The largest absolute Gasteiger partial charge is 0.484 e. The fourth-order valence-electron chi connectivity index (χ4n) is 2.88. The number of rotatable bonds is 5. The third-order valence-corrected chi connectivity index (χ3v) is 4.38. The van der Waals surface area contributed by atoms with Crippen molar-refractivity contribution in [3.63, 3.8) is 0 Å². The van der Waals surface area contributed by atoms with Gasteiger partial charge in [0.25, 0.3) is 11.8 Å². The highest BCUT2D eigenvalue weighted by Crippen LogP contribution is 2.12. The van der Waals surface area contributed by atoms with E-state index >= 15 is 0 Å². The van der Waals surface area contributed by atoms with E-state index in [1.807, 2.05) is 18.2 Å². The molecule has 0 bridgehead atoms. The smallest absolute Gasteiger partial charge is 0.335 e. The SMILES string of the molecule is O=C(O)c1cccc(C(=O)N2CCN(C(=O)COc3ccccc3)CC2)c1. The number of ether oxygens (including phenoxy) is 1. The molecule has 1 saturated heterocycles. The Bertz CT molecular complexity index is 829. The van der Waals surface area contributed by atoms with Gasteiger partial charge in [-0.3, -0.25) is 9.59 Å². The van der Waals surface area contributed by atoms with Gasteiger partial charge in [-0.15, -0.1) is 0 Å². The maximum absolute atomic E-state index is 12.6. The van der Waals surface area contributed by atoms with Gasteiger partial charge in [-0.1, -0.05) is 24.3 Å². The zero-order valence-corrected chi connectivity index (χ0v) is 14.7. The van der Waals surface area contributed by atoms with Crippen LogP contribution in [0.3, 0.4) is 0 Å². The van der Waals surface area contributed by atoms with Crippen LogP contribution in [0.4, 0.5) is 0 Å². The van der Waals surface area contributed by atoms with E-state index < -0.39 is 5.97 Å². The number of carbonyl (C=O) groups excluding carboxylic acids is 2. The molecule has 0 atom stereocenters. The van der Waals surface area contributed by atoms with Crippen molar-refractivity contribution in [3.05, 3.63) is 65.7 Å². The molecule has 1 aliphatic rings. The molecular formula is C20H20N2O5. The number of carboxylic acid groups (broad SMARTS) is 1. The highest BCUT2D eigenvalue weighted by molar-refractivity contribution is 5.97. The summed E-state index contributed by atoms with van der Waals surface area (Å²) in [6, 6.07) is 15.1. The van der Waals surface area contributed by atoms with Crippen LogP contribution in [0.5, 0.6) is 5.75 Å². The number of nitrogens with zero attached hydrogens (tertiary/aromatic N) is 2. The summed E-state index contributed by atoms with van der Waals surface area (Å²) in [5.74, 6) is -0.791. The summed E-state index contributed by atoms with van der Waals surface area (Å²) in [4.78, 5) is 39.2. The Morgan fingerprint density at radius 2 is 1.48 bits per heavy atom. The van der Waals surface area contributed by atoms with Crippen molar-refractivity contribution in [2.24, 2.45) is 0 Å². The minimum atomic E-state index is -1.07. The molecule has 2 amide bonds. The summed E-state index contributed by atoms with van der Waals surface area (Å²) < 4.78 is 5.47. The van der Waals surface area contributed by atoms with Gasteiger partial charge in [0, 0.05) is 31.7 Å². The standard InChI is InChI=1S/C20H20N2O5/c23-18(14-27-17-7-2-1-3-8-17)21-9-11-22(12-10-21)19(24)15-5-4-6-16(13-15)20(25)26/h1-8,13H,9-12,14H2,(H,25,26). The highest BCUT2D eigenvalue weighted by atomic mass is 16.5. The lowest BCUT2D eigenvalue weighted by Gasteiger charge is -2.34. The number of hydrogen-bond acceptors (Lipinski definition) is 4. The quantitative estimate of drug-likeness (QED) is 0.869. The van der Waals surface area contributed by atoms with Crippen LogP contribution in [-0.4, -0.2) is 65.5 Å². The summed E-state index contributed by atoms with van der Waals surface area (Å²) in [5.41, 5.74) is 0.412. The maximum Gasteiger partial charge on any atom is 0.335 e. The van der Waals surface area contributed by atoms with Crippen LogP contribution < -0.4 is 4.74 Å². The molecule has 140 valence electrons. The molecule has 1 N–H and O–H groups in total. The van der Waals surface area contributed by atoms with Gasteiger partial charge in [-0.2, -0.15) is 0 Å². The Balaban J connectivity index is 1.52. The zero-order valence-electron chi connectivity index (χ0n) is 14.7. The van der Waals surface area contributed by atoms with Crippen molar-refractivity contribution in [3.8, 4) is 5.75 Å². The molecule has 1 heterocycles. The molecule has 7 heteroatoms. The first-order valence-corrected chi connectivity index (χ1v) is 8.63. The number of para-hydroxylation sites is 1. The number of piperazine rings is 1. The van der Waals surface area contributed by atoms with E-state index in [4.69, 9.17) is 9.84 Å². The normalized spacial score (nSPS) is 13.9. The monoisotopic (exact) mass is 368 g/mol. The summed E-state index contributed by atoms with van der Waals surface area (Å²) in [7, 11) is 0. The van der Waals surface area contributed by atoms with Gasteiger partial charge in [0.2, 0.25) is 0 Å². The van der Waals surface area contributed by atoms with Crippen LogP contribution in [0.1, 0.15) is 20.7 Å². The van der Waals surface area contributed by atoms with Crippen LogP contribution in [-0.2, 0) is 4.79 Å². The van der Waals surface area contributed by atoms with Gasteiger partial charge in [-0.05, 0) is 30.3 Å². The lowest BCUT2D eigenvalue weighted by molar-refractivity contribution is -0.134. The Hall–Kier alpha value is -3.35. The van der Waals surface area contributed by atoms with Crippen molar-refractivity contribution in [1.82, 2.24) is 9.80 Å². The van der Waals surface area contributed by atoms with Crippen molar-refractivity contribution in [1.29, 1.82) is 0 Å². The van der Waals surface area contributed by atoms with E-state index in [0.29, 0.717) is 37.5 Å². The predicted molar refractivity (Wildman–Crippen MR) is 97.8 cm³/mol. The first-order valence-electron chi connectivity index (χ1n) is 8.63. The molecule has 0 aromatic heterocycles. The topological polar surface area (TPSA) is 87.2 Å². The lowest BCUT2D eigenvalue weighted by Crippen LogP contribution is -2.51. The first-order chi connectivity index (χ1) is 13.0. The number of carbonyl (C=O) groups is 3. The van der Waals surface area contributed by atoms with Crippen LogP contribution in [0.2, 0.25) is 0 Å². The molecule has 1 aliphatic heterocycles. The number of carboxylic acids is 1. The molecule has 0 aliphatic carbocycles. The van der Waals surface area contributed by atoms with Crippen molar-refractivity contribution in [2.75, 3.05) is 32.8 Å². The van der Waals surface area contributed by atoms with Gasteiger partial charge in [0.1, 0.15) is 5.75 Å². The van der Waals surface area contributed by atoms with Gasteiger partial charge in [0.05, 0.1) is 5.56 Å². The number of aromatic carboxylic acids is 1. The molecule has 0 saturated carbocycles. The fourth-order valence-corrected chi connectivity index (χ4v) is 2.88. The molecule has 2 aromatic rings. The molecule has 1 fully saturated rings. The average molecular weight is 368 g/mol. The molecule has 0 radical (unpaired) electrons. The maximum atomic E-state index is 12.6. The molecule has 7 nitrogen and oxygen atoms in total. The fraction of sp³-hybridized carbons (Fsp3) is 0.250.